The molecule has 2 rings (SSSR count). The molecular formula is C12H12ClN5O3. The molecule has 0 bridgehead atoms. The number of carboxylic acid groups (broad SMARTS) is 1. The number of nitrogens with one attached hydrogen (secondary N) is 1. The normalized spacial score (nSPS) is 11.9. The number of aromatic nitrogens is 4. The molecule has 1 aromatic heterocycles. The fraction of sp³-hybridized carbons (Fsp3) is 0.250. The lowest BCUT2D eigenvalue weighted by Gasteiger charge is -2.11. The number of aliphatic carboxylic acids is 1. The summed E-state index contributed by atoms with van der Waals surface area (Å²) in [7, 11) is 0. The predicted octanol–water partition coefficient (Wildman–Crippen LogP) is 0.766. The second kappa shape index (κ2) is 6.31. The monoisotopic (exact) mass is 309 g/mol. The van der Waals surface area contributed by atoms with E-state index in [1.807, 2.05) is 0 Å². The summed E-state index contributed by atoms with van der Waals surface area (Å²) in [6, 6.07) is 4.68. The van der Waals surface area contributed by atoms with Crippen molar-refractivity contribution < 1.29 is 14.7 Å². The maximum atomic E-state index is 12.2. The highest BCUT2D eigenvalue weighted by Crippen LogP contribution is 2.19. The smallest absolute Gasteiger partial charge is 0.308 e. The maximum Gasteiger partial charge on any atom is 0.308 e. The molecule has 0 fully saturated rings. The standard InChI is InChI=1S/C12H12ClN5O3/c1-7(12(20)21)5-14-11(19)9-4-8(13)2-3-10(9)18-6-15-16-17-18/h2-4,6-7H,5H2,1H3,(H,14,19)(H,20,21). The first-order valence-electron chi connectivity index (χ1n) is 6.03. The number of hydrogen-bond acceptors (Lipinski definition) is 5. The number of benzene rings is 1. The molecule has 0 aliphatic heterocycles. The van der Waals surface area contributed by atoms with E-state index in [0.717, 1.165) is 0 Å². The van der Waals surface area contributed by atoms with Crippen LogP contribution < -0.4 is 5.32 Å². The Balaban J connectivity index is 2.24. The molecule has 1 amide bonds. The van der Waals surface area contributed by atoms with Crippen LogP contribution in [0.25, 0.3) is 5.69 Å². The van der Waals surface area contributed by atoms with Gasteiger partial charge in [-0.25, -0.2) is 0 Å². The highest BCUT2D eigenvalue weighted by Gasteiger charge is 2.17. The van der Waals surface area contributed by atoms with Crippen LogP contribution in [0.4, 0.5) is 0 Å². The zero-order valence-corrected chi connectivity index (χ0v) is 11.8. The second-order valence-electron chi connectivity index (χ2n) is 4.37. The van der Waals surface area contributed by atoms with Crippen LogP contribution in [0.15, 0.2) is 24.5 Å². The molecule has 0 spiro atoms. The highest BCUT2D eigenvalue weighted by atomic mass is 35.5. The molecular weight excluding hydrogens is 298 g/mol. The Morgan fingerprint density at radius 3 is 2.86 bits per heavy atom. The number of carbonyl (C=O) groups excluding carboxylic acids is 1. The zero-order valence-electron chi connectivity index (χ0n) is 11.0. The van der Waals surface area contributed by atoms with Gasteiger partial charge in [-0.15, -0.1) is 5.10 Å². The number of carboxylic acids is 1. The topological polar surface area (TPSA) is 110 Å². The van der Waals surface area contributed by atoms with Gasteiger partial charge < -0.3 is 10.4 Å². The molecule has 110 valence electrons. The Kier molecular flexibility index (Phi) is 4.49. The van der Waals surface area contributed by atoms with E-state index in [1.54, 1.807) is 12.1 Å². The lowest BCUT2D eigenvalue weighted by Crippen LogP contribution is -2.32. The van der Waals surface area contributed by atoms with Crippen molar-refractivity contribution in [3.8, 4) is 5.69 Å². The predicted molar refractivity (Wildman–Crippen MR) is 73.3 cm³/mol. The van der Waals surface area contributed by atoms with Crippen LogP contribution in [-0.2, 0) is 4.79 Å². The van der Waals surface area contributed by atoms with Crippen molar-refractivity contribution >= 4 is 23.5 Å². The first kappa shape index (κ1) is 14.9. The van der Waals surface area contributed by atoms with Crippen molar-refractivity contribution in [2.24, 2.45) is 5.92 Å². The maximum absolute atomic E-state index is 12.2. The van der Waals surface area contributed by atoms with Crippen LogP contribution in [0.1, 0.15) is 17.3 Å². The van der Waals surface area contributed by atoms with Gasteiger partial charge in [-0.3, -0.25) is 9.59 Å². The van der Waals surface area contributed by atoms with Gasteiger partial charge in [-0.05, 0) is 28.6 Å². The summed E-state index contributed by atoms with van der Waals surface area (Å²) in [5.74, 6) is -2.12. The number of amides is 1. The first-order valence-corrected chi connectivity index (χ1v) is 6.40. The quantitative estimate of drug-likeness (QED) is 0.844. The van der Waals surface area contributed by atoms with E-state index in [9.17, 15) is 9.59 Å². The summed E-state index contributed by atoms with van der Waals surface area (Å²) in [6.45, 7) is 1.51. The van der Waals surface area contributed by atoms with Gasteiger partial charge in [0.25, 0.3) is 5.91 Å². The Hall–Kier alpha value is -2.48. The molecule has 0 aliphatic carbocycles. The first-order chi connectivity index (χ1) is 9.99. The zero-order chi connectivity index (χ0) is 15.4. The molecule has 0 aliphatic rings. The minimum absolute atomic E-state index is 0.00965. The molecule has 8 nitrogen and oxygen atoms in total. The summed E-state index contributed by atoms with van der Waals surface area (Å²) in [6.07, 6.45) is 1.35. The lowest BCUT2D eigenvalue weighted by molar-refractivity contribution is -0.140. The number of halogens is 1. The number of hydrogen-bond donors (Lipinski definition) is 2. The molecule has 0 radical (unpaired) electrons. The van der Waals surface area contributed by atoms with E-state index in [-0.39, 0.29) is 12.1 Å². The van der Waals surface area contributed by atoms with Gasteiger partial charge in [0.1, 0.15) is 6.33 Å². The van der Waals surface area contributed by atoms with Gasteiger partial charge >= 0.3 is 5.97 Å². The van der Waals surface area contributed by atoms with Gasteiger partial charge in [-0.1, -0.05) is 18.5 Å². The number of carbonyl (C=O) groups is 2. The van der Waals surface area contributed by atoms with Crippen LogP contribution in [0.5, 0.6) is 0 Å². The van der Waals surface area contributed by atoms with Gasteiger partial charge in [-0.2, -0.15) is 4.68 Å². The van der Waals surface area contributed by atoms with Crippen LogP contribution in [0, 0.1) is 5.92 Å². The lowest BCUT2D eigenvalue weighted by atomic mass is 10.1. The molecule has 9 heteroatoms. The van der Waals surface area contributed by atoms with Crippen LogP contribution in [-0.4, -0.2) is 43.7 Å². The Morgan fingerprint density at radius 2 is 2.24 bits per heavy atom. The van der Waals surface area contributed by atoms with E-state index in [1.165, 1.54) is 24.0 Å². The van der Waals surface area contributed by atoms with Crippen LogP contribution >= 0.6 is 11.6 Å². The molecule has 2 aromatic rings. The average Bonchev–Trinajstić information content (AvgIpc) is 2.98. The SMILES string of the molecule is CC(CNC(=O)c1cc(Cl)ccc1-n1cnnn1)C(=O)O. The minimum atomic E-state index is -0.984. The summed E-state index contributed by atoms with van der Waals surface area (Å²) in [5.41, 5.74) is 0.706. The largest absolute Gasteiger partial charge is 0.481 e. The minimum Gasteiger partial charge on any atom is -0.481 e. The number of tetrazole rings is 1. The third kappa shape index (κ3) is 3.54. The Bertz CT molecular complexity index is 659. The summed E-state index contributed by atoms with van der Waals surface area (Å²) >= 11 is 5.90. The second-order valence-corrected chi connectivity index (χ2v) is 4.80. The molecule has 1 unspecified atom stereocenters. The summed E-state index contributed by atoms with van der Waals surface area (Å²) in [5, 5.41) is 22.5. The van der Waals surface area contributed by atoms with E-state index in [2.05, 4.69) is 20.8 Å². The summed E-state index contributed by atoms with van der Waals surface area (Å²) in [4.78, 5) is 22.9. The fourth-order valence-corrected chi connectivity index (χ4v) is 1.76. The van der Waals surface area contributed by atoms with Crippen LogP contribution in [0.2, 0.25) is 5.02 Å². The Labute approximate surface area is 124 Å². The van der Waals surface area contributed by atoms with Gasteiger partial charge in [0.2, 0.25) is 0 Å². The third-order valence-electron chi connectivity index (χ3n) is 2.79. The van der Waals surface area contributed by atoms with Crippen molar-refractivity contribution in [1.29, 1.82) is 0 Å². The van der Waals surface area contributed by atoms with E-state index < -0.39 is 17.8 Å². The Morgan fingerprint density at radius 1 is 1.48 bits per heavy atom. The van der Waals surface area contributed by atoms with Crippen molar-refractivity contribution in [3.63, 3.8) is 0 Å². The van der Waals surface area contributed by atoms with Crippen molar-refractivity contribution in [1.82, 2.24) is 25.5 Å². The third-order valence-corrected chi connectivity index (χ3v) is 3.02. The molecule has 1 atom stereocenters. The van der Waals surface area contributed by atoms with Crippen molar-refractivity contribution in [3.05, 3.63) is 35.1 Å². The number of rotatable bonds is 5. The van der Waals surface area contributed by atoms with Gasteiger partial charge in [0.15, 0.2) is 0 Å². The van der Waals surface area contributed by atoms with E-state index >= 15 is 0 Å². The molecule has 2 N–H and O–H groups in total. The summed E-state index contributed by atoms with van der Waals surface area (Å²) < 4.78 is 1.33. The van der Waals surface area contributed by atoms with E-state index in [4.69, 9.17) is 16.7 Å². The van der Waals surface area contributed by atoms with E-state index in [0.29, 0.717) is 10.7 Å². The number of nitrogens with zero attached hydrogens (tertiary/aromatic N) is 4. The fourth-order valence-electron chi connectivity index (χ4n) is 1.59. The molecule has 1 heterocycles. The average molecular weight is 310 g/mol. The molecule has 0 saturated carbocycles. The van der Waals surface area contributed by atoms with Crippen LogP contribution in [0.3, 0.4) is 0 Å². The molecule has 1 aromatic carbocycles. The van der Waals surface area contributed by atoms with Crippen molar-refractivity contribution in [2.75, 3.05) is 6.54 Å². The van der Waals surface area contributed by atoms with Gasteiger partial charge in [0.05, 0.1) is 17.2 Å². The van der Waals surface area contributed by atoms with Crippen molar-refractivity contribution in [2.45, 2.75) is 6.92 Å². The molecule has 21 heavy (non-hydrogen) atoms. The highest BCUT2D eigenvalue weighted by molar-refractivity contribution is 6.31. The molecule has 0 saturated heterocycles. The van der Waals surface area contributed by atoms with Gasteiger partial charge in [0, 0.05) is 11.6 Å².